The second kappa shape index (κ2) is 7.28. The van der Waals surface area contributed by atoms with Crippen LogP contribution in [0.1, 0.15) is 56.3 Å². The SMILES string of the molecule is CC(C)[S@](=O)c1ccc(C(=O)N2[C@@H]3CCCC[C@H]3C[C@H]2C(=O)O)cc1. The Kier molecular flexibility index (Phi) is 5.27. The molecule has 0 aromatic heterocycles. The van der Waals surface area contributed by atoms with Gasteiger partial charge < -0.3 is 10.0 Å². The van der Waals surface area contributed by atoms with E-state index < -0.39 is 22.8 Å². The molecule has 0 spiro atoms. The zero-order chi connectivity index (χ0) is 18.1. The van der Waals surface area contributed by atoms with Crippen LogP contribution >= 0.6 is 0 Å². The molecule has 0 radical (unpaired) electrons. The van der Waals surface area contributed by atoms with Crippen molar-refractivity contribution in [3.63, 3.8) is 0 Å². The predicted molar refractivity (Wildman–Crippen MR) is 95.9 cm³/mol. The van der Waals surface area contributed by atoms with Gasteiger partial charge >= 0.3 is 5.97 Å². The van der Waals surface area contributed by atoms with E-state index in [1.54, 1.807) is 29.2 Å². The maximum atomic E-state index is 13.0. The van der Waals surface area contributed by atoms with Gasteiger partial charge in [0, 0.05) is 21.8 Å². The maximum absolute atomic E-state index is 13.0. The number of carboxylic acid groups (broad SMARTS) is 1. The zero-order valence-electron chi connectivity index (χ0n) is 14.7. The van der Waals surface area contributed by atoms with Gasteiger partial charge in [0.15, 0.2) is 0 Å². The van der Waals surface area contributed by atoms with Crippen molar-refractivity contribution in [2.75, 3.05) is 0 Å². The van der Waals surface area contributed by atoms with E-state index in [1.807, 2.05) is 13.8 Å². The van der Waals surface area contributed by atoms with Gasteiger partial charge in [0.25, 0.3) is 5.91 Å². The Labute approximate surface area is 150 Å². The van der Waals surface area contributed by atoms with Crippen LogP contribution in [0.3, 0.4) is 0 Å². The first-order valence-corrected chi connectivity index (χ1v) is 10.2. The molecule has 2 aliphatic rings. The lowest BCUT2D eigenvalue weighted by molar-refractivity contribution is -0.141. The molecule has 4 atom stereocenters. The van der Waals surface area contributed by atoms with Gasteiger partial charge in [0.2, 0.25) is 0 Å². The molecule has 0 unspecified atom stereocenters. The van der Waals surface area contributed by atoms with Gasteiger partial charge in [-0.1, -0.05) is 26.7 Å². The number of hydrogen-bond donors (Lipinski definition) is 1. The summed E-state index contributed by atoms with van der Waals surface area (Å²) < 4.78 is 12.1. The van der Waals surface area contributed by atoms with Crippen molar-refractivity contribution in [1.82, 2.24) is 4.90 Å². The van der Waals surface area contributed by atoms with Crippen LogP contribution in [-0.4, -0.2) is 43.4 Å². The second-order valence-electron chi connectivity index (χ2n) is 7.28. The lowest BCUT2D eigenvalue weighted by atomic mass is 9.84. The largest absolute Gasteiger partial charge is 0.480 e. The number of carboxylic acids is 1. The van der Waals surface area contributed by atoms with E-state index in [1.165, 1.54) is 0 Å². The summed E-state index contributed by atoms with van der Waals surface area (Å²) in [6, 6.07) is 6.08. The van der Waals surface area contributed by atoms with Gasteiger partial charge in [0.05, 0.1) is 10.8 Å². The van der Waals surface area contributed by atoms with Crippen molar-refractivity contribution in [3.05, 3.63) is 29.8 Å². The molecule has 1 N–H and O–H groups in total. The van der Waals surface area contributed by atoms with Crippen LogP contribution in [0.25, 0.3) is 0 Å². The monoisotopic (exact) mass is 363 g/mol. The van der Waals surface area contributed by atoms with Crippen LogP contribution in [0, 0.1) is 5.92 Å². The van der Waals surface area contributed by atoms with Crippen molar-refractivity contribution in [1.29, 1.82) is 0 Å². The number of nitrogens with zero attached hydrogens (tertiary/aromatic N) is 1. The Balaban J connectivity index is 1.85. The van der Waals surface area contributed by atoms with Crippen molar-refractivity contribution in [2.45, 2.75) is 68.2 Å². The van der Waals surface area contributed by atoms with Crippen molar-refractivity contribution in [3.8, 4) is 0 Å². The minimum absolute atomic E-state index is 0.0134. The smallest absolute Gasteiger partial charge is 0.326 e. The summed E-state index contributed by atoms with van der Waals surface area (Å²) in [7, 11) is -1.10. The average molecular weight is 363 g/mol. The molecular weight excluding hydrogens is 338 g/mol. The number of benzene rings is 1. The Bertz CT molecular complexity index is 685. The van der Waals surface area contributed by atoms with E-state index in [9.17, 15) is 18.9 Å². The average Bonchev–Trinajstić information content (AvgIpc) is 3.00. The van der Waals surface area contributed by atoms with Crippen molar-refractivity contribution >= 4 is 22.7 Å². The topological polar surface area (TPSA) is 74.7 Å². The second-order valence-corrected chi connectivity index (χ2v) is 9.29. The molecule has 25 heavy (non-hydrogen) atoms. The molecule has 1 saturated heterocycles. The lowest BCUT2D eigenvalue weighted by Crippen LogP contribution is -2.46. The fourth-order valence-corrected chi connectivity index (χ4v) is 5.07. The number of fused-ring (bicyclic) bond motifs is 1. The Morgan fingerprint density at radius 1 is 1.16 bits per heavy atom. The maximum Gasteiger partial charge on any atom is 0.326 e. The summed E-state index contributed by atoms with van der Waals surface area (Å²) in [5, 5.41) is 9.58. The summed E-state index contributed by atoms with van der Waals surface area (Å²) in [4.78, 5) is 27.0. The molecule has 1 amide bonds. The molecule has 1 heterocycles. The highest BCUT2D eigenvalue weighted by Crippen LogP contribution is 2.40. The van der Waals surface area contributed by atoms with Crippen molar-refractivity contribution < 1.29 is 18.9 Å². The number of carbonyl (C=O) groups excluding carboxylic acids is 1. The molecule has 1 aromatic carbocycles. The van der Waals surface area contributed by atoms with Crippen LogP contribution in [-0.2, 0) is 15.6 Å². The van der Waals surface area contributed by atoms with E-state index in [2.05, 4.69) is 0 Å². The van der Waals surface area contributed by atoms with Crippen LogP contribution in [0.4, 0.5) is 0 Å². The fourth-order valence-electron chi connectivity index (χ4n) is 4.13. The number of likely N-dealkylation sites (tertiary alicyclic amines) is 1. The number of hydrogen-bond acceptors (Lipinski definition) is 3. The summed E-state index contributed by atoms with van der Waals surface area (Å²) >= 11 is 0. The number of rotatable bonds is 4. The molecule has 1 aliphatic heterocycles. The highest BCUT2D eigenvalue weighted by molar-refractivity contribution is 7.85. The summed E-state index contributed by atoms with van der Waals surface area (Å²) in [6.07, 6.45) is 4.61. The third-order valence-corrected chi connectivity index (χ3v) is 6.96. The first kappa shape index (κ1) is 18.1. The molecule has 2 fully saturated rings. The van der Waals surface area contributed by atoms with Crippen LogP contribution < -0.4 is 0 Å². The Morgan fingerprint density at radius 2 is 1.80 bits per heavy atom. The zero-order valence-corrected chi connectivity index (χ0v) is 15.5. The van der Waals surface area contributed by atoms with Crippen LogP contribution in [0.15, 0.2) is 29.2 Å². The standard InChI is InChI=1S/C19H25NO4S/c1-12(2)25(24)15-9-7-13(8-10-15)18(21)20-16-6-4-3-5-14(16)11-17(20)19(22)23/h7-10,12,14,16-17H,3-6,11H2,1-2H3,(H,22,23)/t14-,16+,17-,25-/m0/s1. The van der Waals surface area contributed by atoms with Gasteiger partial charge in [-0.2, -0.15) is 0 Å². The quantitative estimate of drug-likeness (QED) is 0.892. The van der Waals surface area contributed by atoms with E-state index in [0.29, 0.717) is 22.8 Å². The Hall–Kier alpha value is -1.69. The Morgan fingerprint density at radius 3 is 2.40 bits per heavy atom. The molecule has 136 valence electrons. The van der Waals surface area contributed by atoms with Crippen molar-refractivity contribution in [2.24, 2.45) is 5.92 Å². The van der Waals surface area contributed by atoms with Crippen LogP contribution in [0.2, 0.25) is 0 Å². The summed E-state index contributed by atoms with van der Waals surface area (Å²) in [5.41, 5.74) is 0.474. The highest BCUT2D eigenvalue weighted by atomic mass is 32.2. The minimum atomic E-state index is -1.10. The lowest BCUT2D eigenvalue weighted by Gasteiger charge is -2.33. The van der Waals surface area contributed by atoms with Gasteiger partial charge in [-0.15, -0.1) is 0 Å². The van der Waals surface area contributed by atoms with Gasteiger partial charge in [-0.3, -0.25) is 9.00 Å². The molecule has 5 nitrogen and oxygen atoms in total. The van der Waals surface area contributed by atoms with Gasteiger partial charge in [-0.25, -0.2) is 4.79 Å². The summed E-state index contributed by atoms with van der Waals surface area (Å²) in [5.74, 6) is -0.838. The molecule has 6 heteroatoms. The summed E-state index contributed by atoms with van der Waals surface area (Å²) in [6.45, 7) is 3.78. The predicted octanol–water partition coefficient (Wildman–Crippen LogP) is 3.06. The first-order valence-electron chi connectivity index (χ1n) is 8.96. The molecule has 1 aromatic rings. The van der Waals surface area contributed by atoms with E-state index in [-0.39, 0.29) is 17.2 Å². The van der Waals surface area contributed by atoms with Gasteiger partial charge in [-0.05, 0) is 49.4 Å². The van der Waals surface area contributed by atoms with E-state index in [4.69, 9.17) is 0 Å². The van der Waals surface area contributed by atoms with E-state index in [0.717, 1.165) is 25.7 Å². The van der Waals surface area contributed by atoms with E-state index >= 15 is 0 Å². The third-order valence-electron chi connectivity index (χ3n) is 5.37. The molecule has 3 rings (SSSR count). The van der Waals surface area contributed by atoms with Gasteiger partial charge in [0.1, 0.15) is 6.04 Å². The highest BCUT2D eigenvalue weighted by Gasteiger charge is 2.47. The molecule has 1 saturated carbocycles. The first-order chi connectivity index (χ1) is 11.9. The molecule has 0 bridgehead atoms. The fraction of sp³-hybridized carbons (Fsp3) is 0.579. The third kappa shape index (κ3) is 3.50. The normalized spacial score (nSPS) is 27.2. The molecular formula is C19H25NO4S. The molecule has 1 aliphatic carbocycles. The number of amides is 1. The number of carbonyl (C=O) groups is 2. The number of aliphatic carboxylic acids is 1. The minimum Gasteiger partial charge on any atom is -0.480 e. The van der Waals surface area contributed by atoms with Crippen LogP contribution in [0.5, 0.6) is 0 Å².